The summed E-state index contributed by atoms with van der Waals surface area (Å²) >= 11 is 0. The highest BCUT2D eigenvalue weighted by atomic mass is 16.5. The number of carbonyl (C=O) groups is 2. The van der Waals surface area contributed by atoms with E-state index in [0.29, 0.717) is 17.9 Å². The van der Waals surface area contributed by atoms with Gasteiger partial charge in [-0.25, -0.2) is 0 Å². The molecular weight excluding hydrogens is 352 g/mol. The van der Waals surface area contributed by atoms with E-state index in [1.54, 1.807) is 18.2 Å². The Labute approximate surface area is 165 Å². The maximum atomic E-state index is 12.8. The molecule has 5 heteroatoms. The molecule has 0 spiro atoms. The minimum Gasteiger partial charge on any atom is -0.493 e. The number of fused-ring (bicyclic) bond motifs is 1. The Kier molecular flexibility index (Phi) is 5.42. The minimum atomic E-state index is -0.254. The number of para-hydroxylation sites is 1. The molecule has 1 N–H and O–H groups in total. The van der Waals surface area contributed by atoms with Crippen LogP contribution in [0.5, 0.6) is 5.75 Å². The van der Waals surface area contributed by atoms with Crippen LogP contribution in [0.1, 0.15) is 40.7 Å². The van der Waals surface area contributed by atoms with Crippen molar-refractivity contribution in [1.29, 1.82) is 0 Å². The predicted octanol–water partition coefficient (Wildman–Crippen LogP) is 3.90. The van der Waals surface area contributed by atoms with Crippen molar-refractivity contribution in [3.8, 4) is 5.75 Å². The van der Waals surface area contributed by atoms with Crippen molar-refractivity contribution in [3.05, 3.63) is 65.2 Å². The average Bonchev–Trinajstić information content (AvgIpc) is 3.21. The number of carbonyl (C=O) groups excluding carboxylic acids is 2. The van der Waals surface area contributed by atoms with Crippen LogP contribution in [0.25, 0.3) is 6.08 Å². The average molecular weight is 376 g/mol. The van der Waals surface area contributed by atoms with Crippen LogP contribution >= 0.6 is 0 Å². The van der Waals surface area contributed by atoms with E-state index in [2.05, 4.69) is 5.32 Å². The first-order chi connectivity index (χ1) is 13.7. The molecule has 0 unspecified atom stereocenters. The quantitative estimate of drug-likeness (QED) is 0.824. The zero-order valence-corrected chi connectivity index (χ0v) is 15.8. The number of ether oxygens (including phenoxy) is 1. The summed E-state index contributed by atoms with van der Waals surface area (Å²) in [6.07, 6.45) is 7.42. The minimum absolute atomic E-state index is 0.0156. The SMILES string of the molecule is O=C(/C=C/c1ccc2c(c1)CCO2)Nc1ccccc1C(=O)N1CCCCC1. The van der Waals surface area contributed by atoms with Gasteiger partial charge in [0.2, 0.25) is 5.91 Å². The summed E-state index contributed by atoms with van der Waals surface area (Å²) < 4.78 is 5.50. The molecule has 1 fully saturated rings. The fourth-order valence-electron chi connectivity index (χ4n) is 3.70. The van der Waals surface area contributed by atoms with Crippen molar-refractivity contribution in [1.82, 2.24) is 4.90 Å². The van der Waals surface area contributed by atoms with Crippen LogP contribution in [0.4, 0.5) is 5.69 Å². The van der Waals surface area contributed by atoms with E-state index in [-0.39, 0.29) is 11.8 Å². The lowest BCUT2D eigenvalue weighted by atomic mass is 10.1. The van der Waals surface area contributed by atoms with Gasteiger partial charge < -0.3 is 15.0 Å². The largest absolute Gasteiger partial charge is 0.493 e. The van der Waals surface area contributed by atoms with Gasteiger partial charge in [0.25, 0.3) is 5.91 Å². The molecule has 2 aliphatic rings. The van der Waals surface area contributed by atoms with Gasteiger partial charge in [0.05, 0.1) is 17.9 Å². The monoisotopic (exact) mass is 376 g/mol. The van der Waals surface area contributed by atoms with Crippen LogP contribution in [0.15, 0.2) is 48.5 Å². The number of anilines is 1. The second-order valence-corrected chi connectivity index (χ2v) is 7.19. The number of rotatable bonds is 4. The molecule has 2 aromatic carbocycles. The molecule has 28 heavy (non-hydrogen) atoms. The number of nitrogens with one attached hydrogen (secondary N) is 1. The summed E-state index contributed by atoms with van der Waals surface area (Å²) in [7, 11) is 0. The summed E-state index contributed by atoms with van der Waals surface area (Å²) in [5.41, 5.74) is 3.22. The molecule has 4 rings (SSSR count). The topological polar surface area (TPSA) is 58.6 Å². The molecule has 0 aromatic heterocycles. The Morgan fingerprint density at radius 1 is 1.04 bits per heavy atom. The lowest BCUT2D eigenvalue weighted by Crippen LogP contribution is -2.36. The molecule has 2 heterocycles. The maximum Gasteiger partial charge on any atom is 0.255 e. The van der Waals surface area contributed by atoms with Gasteiger partial charge in [0.15, 0.2) is 0 Å². The Hall–Kier alpha value is -3.08. The number of benzene rings is 2. The van der Waals surface area contributed by atoms with Crippen molar-refractivity contribution < 1.29 is 14.3 Å². The molecule has 2 aromatic rings. The number of hydrogen-bond donors (Lipinski definition) is 1. The highest BCUT2D eigenvalue weighted by molar-refractivity contribution is 6.07. The normalized spacial score (nSPS) is 15.9. The van der Waals surface area contributed by atoms with Gasteiger partial charge >= 0.3 is 0 Å². The third kappa shape index (κ3) is 4.09. The van der Waals surface area contributed by atoms with Gasteiger partial charge in [0.1, 0.15) is 5.75 Å². The predicted molar refractivity (Wildman–Crippen MR) is 110 cm³/mol. The number of likely N-dealkylation sites (tertiary alicyclic amines) is 1. The van der Waals surface area contributed by atoms with Crippen LogP contribution in [-0.4, -0.2) is 36.4 Å². The fourth-order valence-corrected chi connectivity index (χ4v) is 3.70. The van der Waals surface area contributed by atoms with Crippen molar-refractivity contribution in [2.24, 2.45) is 0 Å². The maximum absolute atomic E-state index is 12.8. The van der Waals surface area contributed by atoms with Crippen LogP contribution in [0.3, 0.4) is 0 Å². The van der Waals surface area contributed by atoms with E-state index >= 15 is 0 Å². The zero-order chi connectivity index (χ0) is 19.3. The molecule has 0 radical (unpaired) electrons. The second kappa shape index (κ2) is 8.30. The van der Waals surface area contributed by atoms with E-state index in [0.717, 1.165) is 43.7 Å². The first kappa shape index (κ1) is 18.3. The standard InChI is InChI=1S/C23H24N2O3/c26-22(11-9-17-8-10-21-18(16-17)12-15-28-21)24-20-7-3-2-6-19(20)23(27)25-13-4-1-5-14-25/h2-3,6-11,16H,1,4-5,12-15H2,(H,24,26)/b11-9+. The van der Waals surface area contributed by atoms with Crippen molar-refractivity contribution in [2.45, 2.75) is 25.7 Å². The van der Waals surface area contributed by atoms with Gasteiger partial charge in [-0.15, -0.1) is 0 Å². The second-order valence-electron chi connectivity index (χ2n) is 7.19. The van der Waals surface area contributed by atoms with E-state index in [9.17, 15) is 9.59 Å². The lowest BCUT2D eigenvalue weighted by molar-refractivity contribution is -0.111. The van der Waals surface area contributed by atoms with E-state index < -0.39 is 0 Å². The summed E-state index contributed by atoms with van der Waals surface area (Å²) in [4.78, 5) is 27.1. The van der Waals surface area contributed by atoms with Gasteiger partial charge in [-0.05, 0) is 60.7 Å². The lowest BCUT2D eigenvalue weighted by Gasteiger charge is -2.27. The van der Waals surface area contributed by atoms with Gasteiger partial charge in [0, 0.05) is 25.6 Å². The van der Waals surface area contributed by atoms with Crippen LogP contribution in [0.2, 0.25) is 0 Å². The van der Waals surface area contributed by atoms with Crippen LogP contribution in [-0.2, 0) is 11.2 Å². The number of hydrogen-bond acceptors (Lipinski definition) is 3. The third-order valence-electron chi connectivity index (χ3n) is 5.20. The van der Waals surface area contributed by atoms with Gasteiger partial charge in [-0.3, -0.25) is 9.59 Å². The van der Waals surface area contributed by atoms with E-state index in [4.69, 9.17) is 4.74 Å². The molecule has 0 aliphatic carbocycles. The van der Waals surface area contributed by atoms with Gasteiger partial charge in [-0.2, -0.15) is 0 Å². The molecule has 2 amide bonds. The molecule has 144 valence electrons. The Balaban J connectivity index is 1.45. The number of piperidine rings is 1. The molecule has 2 aliphatic heterocycles. The summed E-state index contributed by atoms with van der Waals surface area (Å²) in [5, 5.41) is 2.86. The van der Waals surface area contributed by atoms with Crippen LogP contribution < -0.4 is 10.1 Å². The summed E-state index contributed by atoms with van der Waals surface area (Å²) in [6, 6.07) is 13.1. The first-order valence-corrected chi connectivity index (χ1v) is 9.84. The van der Waals surface area contributed by atoms with E-state index in [1.165, 1.54) is 18.1 Å². The Bertz CT molecular complexity index is 914. The molecule has 0 atom stereocenters. The van der Waals surface area contributed by atoms with Crippen molar-refractivity contribution in [3.63, 3.8) is 0 Å². The van der Waals surface area contributed by atoms with E-state index in [1.807, 2.05) is 35.2 Å². The van der Waals surface area contributed by atoms with Crippen molar-refractivity contribution in [2.75, 3.05) is 25.0 Å². The molecular formula is C23H24N2O3. The van der Waals surface area contributed by atoms with Gasteiger partial charge in [-0.1, -0.05) is 18.2 Å². The first-order valence-electron chi connectivity index (χ1n) is 9.84. The Morgan fingerprint density at radius 3 is 2.71 bits per heavy atom. The van der Waals surface area contributed by atoms with Crippen molar-refractivity contribution >= 4 is 23.6 Å². The smallest absolute Gasteiger partial charge is 0.255 e. The third-order valence-corrected chi connectivity index (χ3v) is 5.20. The highest BCUT2D eigenvalue weighted by Gasteiger charge is 2.21. The molecule has 1 saturated heterocycles. The molecule has 0 saturated carbocycles. The molecule has 5 nitrogen and oxygen atoms in total. The summed E-state index contributed by atoms with van der Waals surface area (Å²) in [5.74, 6) is 0.653. The van der Waals surface area contributed by atoms with Crippen LogP contribution in [0, 0.1) is 0 Å². The Morgan fingerprint density at radius 2 is 1.86 bits per heavy atom. The fraction of sp³-hybridized carbons (Fsp3) is 0.304. The number of amides is 2. The zero-order valence-electron chi connectivity index (χ0n) is 15.8. The highest BCUT2D eigenvalue weighted by Crippen LogP contribution is 2.26. The molecule has 0 bridgehead atoms. The summed E-state index contributed by atoms with van der Waals surface area (Å²) in [6.45, 7) is 2.27. The number of nitrogens with zero attached hydrogens (tertiary/aromatic N) is 1.